The van der Waals surface area contributed by atoms with Crippen molar-refractivity contribution in [3.63, 3.8) is 0 Å². The Morgan fingerprint density at radius 2 is 2.08 bits per heavy atom. The van der Waals surface area contributed by atoms with Gasteiger partial charge < -0.3 is 10.1 Å². The molecule has 0 bridgehead atoms. The van der Waals surface area contributed by atoms with E-state index in [0.29, 0.717) is 38.6 Å². The van der Waals surface area contributed by atoms with Crippen LogP contribution in [0.5, 0.6) is 0 Å². The molecule has 132 valence electrons. The van der Waals surface area contributed by atoms with Crippen molar-refractivity contribution in [2.24, 2.45) is 0 Å². The van der Waals surface area contributed by atoms with E-state index in [1.165, 1.54) is 15.4 Å². The Balaban J connectivity index is 1.57. The van der Waals surface area contributed by atoms with Crippen LogP contribution in [0.15, 0.2) is 6.07 Å². The number of carbonyl (C=O) groups is 1. The van der Waals surface area contributed by atoms with Crippen molar-refractivity contribution in [1.29, 1.82) is 0 Å². The highest BCUT2D eigenvalue weighted by molar-refractivity contribution is 7.88. The van der Waals surface area contributed by atoms with Crippen LogP contribution in [-0.4, -0.2) is 50.6 Å². The highest BCUT2D eigenvalue weighted by Crippen LogP contribution is 2.45. The first-order chi connectivity index (χ1) is 11.4. The Labute approximate surface area is 146 Å². The minimum absolute atomic E-state index is 0.0145. The van der Waals surface area contributed by atoms with Gasteiger partial charge in [0.05, 0.1) is 23.3 Å². The summed E-state index contributed by atoms with van der Waals surface area (Å²) in [6, 6.07) is 2.33. The maximum Gasteiger partial charge on any atom is 0.261 e. The first-order valence-corrected chi connectivity index (χ1v) is 11.1. The highest BCUT2D eigenvalue weighted by atomic mass is 32.2. The molecule has 1 spiro atoms. The van der Waals surface area contributed by atoms with E-state index in [-0.39, 0.29) is 5.91 Å². The Hall–Kier alpha value is -0.960. The number of nitrogens with one attached hydrogen (secondary N) is 1. The van der Waals surface area contributed by atoms with Crippen LogP contribution in [0.2, 0.25) is 0 Å². The van der Waals surface area contributed by atoms with Crippen LogP contribution in [-0.2, 0) is 26.8 Å². The third-order valence-corrected chi connectivity index (χ3v) is 7.64. The van der Waals surface area contributed by atoms with Crippen LogP contribution < -0.4 is 5.32 Å². The van der Waals surface area contributed by atoms with Gasteiger partial charge in [-0.25, -0.2) is 12.7 Å². The second-order valence-electron chi connectivity index (χ2n) is 6.95. The minimum atomic E-state index is -3.16. The van der Waals surface area contributed by atoms with E-state index < -0.39 is 15.6 Å². The molecule has 1 aromatic heterocycles. The van der Waals surface area contributed by atoms with Gasteiger partial charge >= 0.3 is 0 Å². The van der Waals surface area contributed by atoms with Gasteiger partial charge in [0.1, 0.15) is 0 Å². The van der Waals surface area contributed by atoms with Crippen LogP contribution >= 0.6 is 11.3 Å². The van der Waals surface area contributed by atoms with Crippen LogP contribution in [0.25, 0.3) is 0 Å². The summed E-state index contributed by atoms with van der Waals surface area (Å²) in [5, 5.41) is 3.04. The van der Waals surface area contributed by atoms with Crippen molar-refractivity contribution in [3.05, 3.63) is 21.4 Å². The van der Waals surface area contributed by atoms with Crippen molar-refractivity contribution in [2.75, 3.05) is 26.0 Å². The number of piperidine rings is 1. The summed E-state index contributed by atoms with van der Waals surface area (Å²) >= 11 is 1.56. The molecule has 1 saturated carbocycles. The van der Waals surface area contributed by atoms with Crippen LogP contribution in [0, 0.1) is 0 Å². The number of thiophene rings is 1. The summed E-state index contributed by atoms with van der Waals surface area (Å²) in [6.07, 6.45) is 5.52. The van der Waals surface area contributed by atoms with Gasteiger partial charge in [0.25, 0.3) is 5.91 Å². The molecule has 1 N–H and O–H groups in total. The first kappa shape index (κ1) is 16.5. The van der Waals surface area contributed by atoms with Gasteiger partial charge in [0, 0.05) is 30.4 Å². The predicted octanol–water partition coefficient (Wildman–Crippen LogP) is 1.46. The lowest BCUT2D eigenvalue weighted by molar-refractivity contribution is -0.0882. The van der Waals surface area contributed by atoms with Gasteiger partial charge in [-0.05, 0) is 37.3 Å². The Kier molecular flexibility index (Phi) is 3.98. The summed E-state index contributed by atoms with van der Waals surface area (Å²) in [5.41, 5.74) is 0.677. The monoisotopic (exact) mass is 370 g/mol. The molecule has 4 rings (SSSR count). The molecule has 0 unspecified atom stereocenters. The molecule has 2 aliphatic heterocycles. The first-order valence-electron chi connectivity index (χ1n) is 8.40. The fourth-order valence-electron chi connectivity index (χ4n) is 3.61. The van der Waals surface area contributed by atoms with Crippen LogP contribution in [0.1, 0.15) is 45.8 Å². The zero-order valence-corrected chi connectivity index (χ0v) is 15.3. The molecule has 0 radical (unpaired) electrons. The summed E-state index contributed by atoms with van der Waals surface area (Å²) in [6.45, 7) is 1.57. The molecule has 1 aliphatic carbocycles. The topological polar surface area (TPSA) is 75.7 Å². The molecule has 0 atom stereocenters. The smallest absolute Gasteiger partial charge is 0.261 e. The lowest BCUT2D eigenvalue weighted by Crippen LogP contribution is -2.47. The van der Waals surface area contributed by atoms with Gasteiger partial charge in [0.15, 0.2) is 0 Å². The number of fused-ring (bicyclic) bond motifs is 2. The molecule has 1 aromatic rings. The van der Waals surface area contributed by atoms with Crippen LogP contribution in [0.4, 0.5) is 0 Å². The van der Waals surface area contributed by atoms with Gasteiger partial charge in [0.2, 0.25) is 10.0 Å². The second kappa shape index (κ2) is 5.79. The summed E-state index contributed by atoms with van der Waals surface area (Å²) in [7, 11) is -3.16. The number of carbonyl (C=O) groups excluding carboxylic acids is 1. The molecule has 1 saturated heterocycles. The molecular weight excluding hydrogens is 348 g/mol. The van der Waals surface area contributed by atoms with Crippen molar-refractivity contribution < 1.29 is 17.9 Å². The van der Waals surface area contributed by atoms with Crippen molar-refractivity contribution in [2.45, 2.75) is 43.7 Å². The van der Waals surface area contributed by atoms with Gasteiger partial charge in [-0.1, -0.05) is 0 Å². The molecule has 8 heteroatoms. The molecule has 3 heterocycles. The van der Waals surface area contributed by atoms with Gasteiger partial charge in [-0.2, -0.15) is 0 Å². The second-order valence-corrected chi connectivity index (χ2v) is 10.1. The highest BCUT2D eigenvalue weighted by Gasteiger charge is 2.43. The quantitative estimate of drug-likeness (QED) is 0.874. The van der Waals surface area contributed by atoms with E-state index >= 15 is 0 Å². The third kappa shape index (κ3) is 3.00. The number of amides is 1. The maximum atomic E-state index is 12.3. The fraction of sp³-hybridized carbons (Fsp3) is 0.688. The molecule has 1 amide bonds. The molecule has 2 fully saturated rings. The third-order valence-electron chi connectivity index (χ3n) is 5.14. The van der Waals surface area contributed by atoms with Crippen LogP contribution in [0.3, 0.4) is 0 Å². The largest absolute Gasteiger partial charge is 0.370 e. The SMILES string of the molecule is CS(=O)(=O)N1CCC2(CC1)OCCc1sc(C(=O)NC3CC3)cc12. The zero-order chi connectivity index (χ0) is 16.9. The summed E-state index contributed by atoms with van der Waals surface area (Å²) in [4.78, 5) is 14.3. The summed E-state index contributed by atoms with van der Waals surface area (Å²) < 4.78 is 31.1. The Morgan fingerprint density at radius 1 is 1.38 bits per heavy atom. The van der Waals surface area contributed by atoms with E-state index in [9.17, 15) is 13.2 Å². The Morgan fingerprint density at radius 3 is 2.71 bits per heavy atom. The van der Waals surface area contributed by atoms with E-state index in [1.54, 1.807) is 11.3 Å². The lowest BCUT2D eigenvalue weighted by Gasteiger charge is -2.43. The number of hydrogen-bond donors (Lipinski definition) is 1. The lowest BCUT2D eigenvalue weighted by atomic mass is 9.83. The van der Waals surface area contributed by atoms with Gasteiger partial charge in [-0.3, -0.25) is 4.79 Å². The number of rotatable bonds is 3. The molecule has 6 nitrogen and oxygen atoms in total. The predicted molar refractivity (Wildman–Crippen MR) is 91.8 cm³/mol. The van der Waals surface area contributed by atoms with E-state index in [4.69, 9.17) is 4.74 Å². The average Bonchev–Trinajstić information content (AvgIpc) is 3.22. The minimum Gasteiger partial charge on any atom is -0.370 e. The number of ether oxygens (including phenoxy) is 1. The molecule has 0 aromatic carbocycles. The van der Waals surface area contributed by atoms with Crippen molar-refractivity contribution in [3.8, 4) is 0 Å². The number of nitrogens with zero attached hydrogens (tertiary/aromatic N) is 1. The van der Waals surface area contributed by atoms with Gasteiger partial charge in [-0.15, -0.1) is 11.3 Å². The van der Waals surface area contributed by atoms with Crippen molar-refractivity contribution in [1.82, 2.24) is 9.62 Å². The van der Waals surface area contributed by atoms with E-state index in [0.717, 1.165) is 29.7 Å². The molecule has 3 aliphatic rings. The standard InChI is InChI=1S/C16H22N2O4S2/c1-24(20,21)18-7-5-16(6-8-18)12-10-14(15(19)17-11-2-3-11)23-13(12)4-9-22-16/h10-11H,2-9H2,1H3,(H,17,19). The molecule has 24 heavy (non-hydrogen) atoms. The number of hydrogen-bond acceptors (Lipinski definition) is 5. The van der Waals surface area contributed by atoms with Crippen molar-refractivity contribution >= 4 is 27.3 Å². The normalized spacial score (nSPS) is 23.9. The molecular formula is C16H22N2O4S2. The van der Waals surface area contributed by atoms with E-state index in [1.807, 2.05) is 6.07 Å². The summed E-state index contributed by atoms with van der Waals surface area (Å²) in [5.74, 6) is 0.0145. The average molecular weight is 370 g/mol. The van der Waals surface area contributed by atoms with E-state index in [2.05, 4.69) is 5.32 Å². The Bertz CT molecular complexity index is 759. The zero-order valence-electron chi connectivity index (χ0n) is 13.7. The maximum absolute atomic E-state index is 12.3. The fourth-order valence-corrected chi connectivity index (χ4v) is 5.59. The number of sulfonamides is 1.